The van der Waals surface area contributed by atoms with Crippen LogP contribution in [0.15, 0.2) is 35.1 Å². The zero-order valence-electron chi connectivity index (χ0n) is 15.4. The van der Waals surface area contributed by atoms with Crippen LogP contribution in [0.5, 0.6) is 0 Å². The molecule has 1 aliphatic rings. The number of anilines is 2. The minimum absolute atomic E-state index is 0.127. The van der Waals surface area contributed by atoms with Gasteiger partial charge in [-0.1, -0.05) is 0 Å². The fourth-order valence-corrected chi connectivity index (χ4v) is 3.25. The molecule has 0 saturated carbocycles. The van der Waals surface area contributed by atoms with Crippen LogP contribution in [-0.4, -0.2) is 55.1 Å². The van der Waals surface area contributed by atoms with Crippen molar-refractivity contribution in [3.63, 3.8) is 0 Å². The SMILES string of the molecule is CN(C)c1nc(CN(C)[C@H]2CCN(c3ccc(C#N)cc3)C2)cc(=O)[nH]1. The van der Waals surface area contributed by atoms with Crippen molar-refractivity contribution in [3.8, 4) is 6.07 Å². The van der Waals surface area contributed by atoms with E-state index in [0.717, 1.165) is 30.9 Å². The smallest absolute Gasteiger partial charge is 0.252 e. The van der Waals surface area contributed by atoms with Gasteiger partial charge in [-0.25, -0.2) is 4.98 Å². The highest BCUT2D eigenvalue weighted by atomic mass is 16.1. The summed E-state index contributed by atoms with van der Waals surface area (Å²) < 4.78 is 0. The first kappa shape index (κ1) is 18.0. The molecule has 1 fully saturated rings. The zero-order chi connectivity index (χ0) is 18.7. The summed E-state index contributed by atoms with van der Waals surface area (Å²) >= 11 is 0. The lowest BCUT2D eigenvalue weighted by atomic mass is 10.2. The topological polar surface area (TPSA) is 79.3 Å². The Balaban J connectivity index is 1.65. The number of hydrogen-bond acceptors (Lipinski definition) is 6. The summed E-state index contributed by atoms with van der Waals surface area (Å²) in [6.45, 7) is 2.54. The normalized spacial score (nSPS) is 16.7. The van der Waals surface area contributed by atoms with Crippen LogP contribution in [0.3, 0.4) is 0 Å². The summed E-state index contributed by atoms with van der Waals surface area (Å²) in [6.07, 6.45) is 1.06. The van der Waals surface area contributed by atoms with E-state index in [1.54, 1.807) is 11.0 Å². The van der Waals surface area contributed by atoms with E-state index < -0.39 is 0 Å². The number of aromatic nitrogens is 2. The van der Waals surface area contributed by atoms with Crippen LogP contribution in [0.1, 0.15) is 17.7 Å². The van der Waals surface area contributed by atoms with Crippen LogP contribution in [0.2, 0.25) is 0 Å². The van der Waals surface area contributed by atoms with Gasteiger partial charge in [0.2, 0.25) is 5.95 Å². The second kappa shape index (κ2) is 7.58. The van der Waals surface area contributed by atoms with Gasteiger partial charge in [-0.3, -0.25) is 14.7 Å². The number of likely N-dealkylation sites (N-methyl/N-ethyl adjacent to an activating group) is 1. The molecule has 1 atom stereocenters. The quantitative estimate of drug-likeness (QED) is 0.877. The number of rotatable bonds is 5. The monoisotopic (exact) mass is 352 g/mol. The lowest BCUT2D eigenvalue weighted by molar-refractivity contribution is 0.247. The first-order valence-corrected chi connectivity index (χ1v) is 8.69. The molecule has 7 heteroatoms. The Bertz CT molecular complexity index is 852. The van der Waals surface area contributed by atoms with Crippen LogP contribution in [-0.2, 0) is 6.54 Å². The molecule has 3 rings (SSSR count). The van der Waals surface area contributed by atoms with Crippen LogP contribution in [0.4, 0.5) is 11.6 Å². The molecule has 1 N–H and O–H groups in total. The highest BCUT2D eigenvalue weighted by Crippen LogP contribution is 2.23. The number of nitrogens with one attached hydrogen (secondary N) is 1. The average Bonchev–Trinajstić information content (AvgIpc) is 3.11. The van der Waals surface area contributed by atoms with Crippen molar-refractivity contribution < 1.29 is 0 Å². The first-order valence-electron chi connectivity index (χ1n) is 8.69. The molecular weight excluding hydrogens is 328 g/mol. The molecule has 2 heterocycles. The van der Waals surface area contributed by atoms with Gasteiger partial charge in [-0.2, -0.15) is 5.26 Å². The highest BCUT2D eigenvalue weighted by Gasteiger charge is 2.26. The molecule has 0 spiro atoms. The van der Waals surface area contributed by atoms with Gasteiger partial charge >= 0.3 is 0 Å². The number of H-pyrrole nitrogens is 1. The van der Waals surface area contributed by atoms with E-state index in [-0.39, 0.29) is 5.56 Å². The van der Waals surface area contributed by atoms with Crippen molar-refractivity contribution in [2.45, 2.75) is 19.0 Å². The average molecular weight is 352 g/mol. The molecule has 1 saturated heterocycles. The first-order chi connectivity index (χ1) is 12.5. The largest absolute Gasteiger partial charge is 0.370 e. The van der Waals surface area contributed by atoms with Crippen LogP contribution in [0, 0.1) is 11.3 Å². The Morgan fingerprint density at radius 2 is 2.04 bits per heavy atom. The predicted octanol–water partition coefficient (Wildman–Crippen LogP) is 1.42. The Hall–Kier alpha value is -2.85. The summed E-state index contributed by atoms with van der Waals surface area (Å²) in [5.41, 5.74) is 2.47. The van der Waals surface area contributed by atoms with Gasteiger partial charge in [-0.05, 0) is 37.7 Å². The van der Waals surface area contributed by atoms with Gasteiger partial charge in [-0.15, -0.1) is 0 Å². The van der Waals surface area contributed by atoms with Crippen molar-refractivity contribution in [1.29, 1.82) is 5.26 Å². The molecule has 2 aromatic rings. The van der Waals surface area contributed by atoms with Gasteiger partial charge in [0.15, 0.2) is 0 Å². The number of hydrogen-bond donors (Lipinski definition) is 1. The molecule has 0 radical (unpaired) electrons. The second-order valence-corrected chi connectivity index (χ2v) is 6.92. The van der Waals surface area contributed by atoms with Crippen molar-refractivity contribution in [3.05, 3.63) is 51.9 Å². The number of benzene rings is 1. The van der Waals surface area contributed by atoms with E-state index >= 15 is 0 Å². The van der Waals surface area contributed by atoms with E-state index in [0.29, 0.717) is 24.1 Å². The summed E-state index contributed by atoms with van der Waals surface area (Å²) in [5, 5.41) is 8.92. The Labute approximate surface area is 153 Å². The Morgan fingerprint density at radius 3 is 2.69 bits per heavy atom. The van der Waals surface area contributed by atoms with Crippen molar-refractivity contribution in [2.75, 3.05) is 44.0 Å². The minimum atomic E-state index is -0.127. The van der Waals surface area contributed by atoms with E-state index in [1.807, 2.05) is 38.4 Å². The van der Waals surface area contributed by atoms with Gasteiger partial charge in [0.1, 0.15) is 0 Å². The van der Waals surface area contributed by atoms with Gasteiger partial charge < -0.3 is 9.80 Å². The molecule has 0 bridgehead atoms. The maximum absolute atomic E-state index is 11.8. The Kier molecular flexibility index (Phi) is 5.24. The molecule has 1 aliphatic heterocycles. The molecular formula is C19H24N6O. The number of nitrogens with zero attached hydrogens (tertiary/aromatic N) is 5. The van der Waals surface area contributed by atoms with Crippen LogP contribution >= 0.6 is 0 Å². The summed E-state index contributed by atoms with van der Waals surface area (Å²) in [7, 11) is 5.79. The third-order valence-corrected chi connectivity index (χ3v) is 4.77. The van der Waals surface area contributed by atoms with Crippen molar-refractivity contribution >= 4 is 11.6 Å². The highest BCUT2D eigenvalue weighted by molar-refractivity contribution is 5.50. The molecule has 26 heavy (non-hydrogen) atoms. The maximum atomic E-state index is 11.8. The second-order valence-electron chi connectivity index (χ2n) is 6.92. The maximum Gasteiger partial charge on any atom is 0.252 e. The van der Waals surface area contributed by atoms with Gasteiger partial charge in [0.05, 0.1) is 17.3 Å². The molecule has 1 aromatic heterocycles. The fourth-order valence-electron chi connectivity index (χ4n) is 3.25. The minimum Gasteiger partial charge on any atom is -0.370 e. The molecule has 0 amide bonds. The lowest BCUT2D eigenvalue weighted by Gasteiger charge is -2.25. The molecule has 1 aromatic carbocycles. The third-order valence-electron chi connectivity index (χ3n) is 4.77. The number of aromatic amines is 1. The lowest BCUT2D eigenvalue weighted by Crippen LogP contribution is -2.35. The third kappa shape index (κ3) is 4.03. The van der Waals surface area contributed by atoms with Crippen LogP contribution in [0.25, 0.3) is 0 Å². The van der Waals surface area contributed by atoms with Crippen molar-refractivity contribution in [1.82, 2.24) is 14.9 Å². The fraction of sp³-hybridized carbons (Fsp3) is 0.421. The standard InChI is InChI=1S/C19H24N6O/c1-23(2)19-21-15(10-18(26)22-19)12-24(3)17-8-9-25(13-17)16-6-4-14(11-20)5-7-16/h4-7,10,17H,8-9,12-13H2,1-3H3,(H,21,22,26)/t17-/m0/s1. The van der Waals surface area contributed by atoms with E-state index in [9.17, 15) is 4.79 Å². The predicted molar refractivity (Wildman–Crippen MR) is 102 cm³/mol. The van der Waals surface area contributed by atoms with Gasteiger partial charge in [0.25, 0.3) is 5.56 Å². The van der Waals surface area contributed by atoms with Crippen molar-refractivity contribution in [2.24, 2.45) is 0 Å². The van der Waals surface area contributed by atoms with E-state index in [2.05, 4.69) is 32.9 Å². The summed E-state index contributed by atoms with van der Waals surface area (Å²) in [4.78, 5) is 25.5. The molecule has 7 nitrogen and oxygen atoms in total. The Morgan fingerprint density at radius 1 is 1.31 bits per heavy atom. The summed E-state index contributed by atoms with van der Waals surface area (Å²) in [6, 6.07) is 11.8. The number of nitriles is 1. The van der Waals surface area contributed by atoms with Crippen LogP contribution < -0.4 is 15.4 Å². The van der Waals surface area contributed by atoms with E-state index in [4.69, 9.17) is 5.26 Å². The molecule has 136 valence electrons. The summed E-state index contributed by atoms with van der Waals surface area (Å²) in [5.74, 6) is 0.575. The molecule has 0 unspecified atom stereocenters. The molecule has 0 aliphatic carbocycles. The van der Waals surface area contributed by atoms with E-state index in [1.165, 1.54) is 0 Å². The zero-order valence-corrected chi connectivity index (χ0v) is 15.4. The van der Waals surface area contributed by atoms with Gasteiger partial charge in [0, 0.05) is 51.5 Å².